The van der Waals surface area contributed by atoms with E-state index in [1.165, 1.54) is 0 Å². The third-order valence-electron chi connectivity index (χ3n) is 5.99. The van der Waals surface area contributed by atoms with E-state index in [1.54, 1.807) is 31.4 Å². The molecule has 188 valence electrons. The van der Waals surface area contributed by atoms with Crippen LogP contribution >= 0.6 is 0 Å². The van der Waals surface area contributed by atoms with Crippen LogP contribution in [-0.4, -0.2) is 38.7 Å². The van der Waals surface area contributed by atoms with Crippen LogP contribution < -0.4 is 30.3 Å². The zero-order valence-corrected chi connectivity index (χ0v) is 20.7. The quantitative estimate of drug-likeness (QED) is 0.382. The highest BCUT2D eigenvalue weighted by Gasteiger charge is 2.19. The Kier molecular flexibility index (Phi) is 8.28. The number of anilines is 3. The van der Waals surface area contributed by atoms with Gasteiger partial charge >= 0.3 is 6.03 Å². The lowest BCUT2D eigenvalue weighted by atomic mass is 10.1. The van der Waals surface area contributed by atoms with Crippen molar-refractivity contribution in [1.29, 1.82) is 0 Å². The van der Waals surface area contributed by atoms with E-state index in [4.69, 9.17) is 9.47 Å². The van der Waals surface area contributed by atoms with Crippen molar-refractivity contribution in [2.45, 2.75) is 26.3 Å². The van der Waals surface area contributed by atoms with Gasteiger partial charge in [-0.25, -0.2) is 4.79 Å². The summed E-state index contributed by atoms with van der Waals surface area (Å²) >= 11 is 0. The van der Waals surface area contributed by atoms with Crippen molar-refractivity contribution >= 4 is 29.0 Å². The van der Waals surface area contributed by atoms with Crippen LogP contribution in [0.25, 0.3) is 0 Å². The van der Waals surface area contributed by atoms with Crippen LogP contribution in [0.5, 0.6) is 11.5 Å². The molecule has 0 aliphatic carbocycles. The van der Waals surface area contributed by atoms with Gasteiger partial charge in [-0.15, -0.1) is 0 Å². The lowest BCUT2D eigenvalue weighted by molar-refractivity contribution is 0.0951. The van der Waals surface area contributed by atoms with E-state index < -0.39 is 0 Å². The number of nitrogens with zero attached hydrogens (tertiary/aromatic N) is 1. The topological polar surface area (TPSA) is 91.9 Å². The molecule has 1 fully saturated rings. The minimum absolute atomic E-state index is 0.214. The third kappa shape index (κ3) is 6.47. The maximum absolute atomic E-state index is 12.9. The van der Waals surface area contributed by atoms with Crippen LogP contribution in [0.1, 0.15) is 35.7 Å². The minimum atomic E-state index is -0.379. The Labute approximate surface area is 211 Å². The molecule has 0 aromatic heterocycles. The Morgan fingerprint density at radius 2 is 1.58 bits per heavy atom. The largest absolute Gasteiger partial charge is 0.497 e. The van der Waals surface area contributed by atoms with Gasteiger partial charge in [0.25, 0.3) is 5.91 Å². The van der Waals surface area contributed by atoms with Crippen LogP contribution in [0.4, 0.5) is 21.9 Å². The molecule has 0 radical (unpaired) electrons. The first-order valence-corrected chi connectivity index (χ1v) is 12.2. The fourth-order valence-corrected chi connectivity index (χ4v) is 4.12. The molecule has 1 saturated heterocycles. The number of carbonyl (C=O) groups excluding carboxylic acids is 2. The van der Waals surface area contributed by atoms with Crippen LogP contribution in [0.15, 0.2) is 66.7 Å². The van der Waals surface area contributed by atoms with Crippen LogP contribution in [0.3, 0.4) is 0 Å². The molecule has 1 aliphatic heterocycles. The second-order valence-electron chi connectivity index (χ2n) is 8.49. The maximum atomic E-state index is 12.9. The van der Waals surface area contributed by atoms with E-state index in [0.29, 0.717) is 30.1 Å². The molecule has 3 N–H and O–H groups in total. The Balaban J connectivity index is 1.46. The number of carbonyl (C=O) groups is 2. The van der Waals surface area contributed by atoms with Crippen LogP contribution in [0, 0.1) is 0 Å². The molecule has 4 rings (SSSR count). The number of benzene rings is 3. The molecule has 36 heavy (non-hydrogen) atoms. The number of hydrogen-bond donors (Lipinski definition) is 3. The van der Waals surface area contributed by atoms with Gasteiger partial charge in [0.05, 0.1) is 25.1 Å². The summed E-state index contributed by atoms with van der Waals surface area (Å²) in [6.45, 7) is 4.72. The lowest BCUT2D eigenvalue weighted by Crippen LogP contribution is -2.26. The van der Waals surface area contributed by atoms with Crippen molar-refractivity contribution in [1.82, 2.24) is 5.32 Å². The zero-order chi connectivity index (χ0) is 25.3. The van der Waals surface area contributed by atoms with Gasteiger partial charge in [0.15, 0.2) is 0 Å². The highest BCUT2D eigenvalue weighted by atomic mass is 16.5. The molecular formula is C28H32N4O4. The van der Waals surface area contributed by atoms with Crippen molar-refractivity contribution in [3.8, 4) is 11.5 Å². The summed E-state index contributed by atoms with van der Waals surface area (Å²) in [7, 11) is 1.62. The Morgan fingerprint density at radius 1 is 0.889 bits per heavy atom. The first kappa shape index (κ1) is 24.9. The SMILES string of the molecule is CCOc1ccc(NC(=O)Nc2cc(C(=O)NCc3ccc(OC)cc3)ccc2N2CCCC2)cc1. The number of nitrogens with one attached hydrogen (secondary N) is 3. The van der Waals surface area contributed by atoms with Gasteiger partial charge in [-0.05, 0) is 79.9 Å². The summed E-state index contributed by atoms with van der Waals surface area (Å²) in [5, 5.41) is 8.73. The van der Waals surface area contributed by atoms with E-state index in [9.17, 15) is 9.59 Å². The van der Waals surface area contributed by atoms with E-state index >= 15 is 0 Å². The number of hydrogen-bond acceptors (Lipinski definition) is 5. The molecule has 3 aromatic carbocycles. The fourth-order valence-electron chi connectivity index (χ4n) is 4.12. The van der Waals surface area contributed by atoms with E-state index in [0.717, 1.165) is 48.7 Å². The summed E-state index contributed by atoms with van der Waals surface area (Å²) < 4.78 is 10.6. The summed E-state index contributed by atoms with van der Waals surface area (Å²) in [5.41, 5.74) is 3.58. The Bertz CT molecular complexity index is 1170. The predicted molar refractivity (Wildman–Crippen MR) is 142 cm³/mol. The highest BCUT2D eigenvalue weighted by molar-refractivity contribution is 6.04. The highest BCUT2D eigenvalue weighted by Crippen LogP contribution is 2.30. The normalized spacial score (nSPS) is 12.7. The van der Waals surface area contributed by atoms with Crippen molar-refractivity contribution < 1.29 is 19.1 Å². The first-order chi connectivity index (χ1) is 17.6. The average molecular weight is 489 g/mol. The molecule has 0 bridgehead atoms. The van der Waals surface area contributed by atoms with Crippen molar-refractivity contribution in [3.05, 3.63) is 77.9 Å². The number of methoxy groups -OCH3 is 1. The summed E-state index contributed by atoms with van der Waals surface area (Å²) in [6.07, 6.45) is 2.20. The van der Waals surface area contributed by atoms with E-state index in [2.05, 4.69) is 20.9 Å². The lowest BCUT2D eigenvalue weighted by Gasteiger charge is -2.22. The van der Waals surface area contributed by atoms with Crippen LogP contribution in [0.2, 0.25) is 0 Å². The maximum Gasteiger partial charge on any atom is 0.323 e. The third-order valence-corrected chi connectivity index (χ3v) is 5.99. The van der Waals surface area contributed by atoms with E-state index in [1.807, 2.05) is 49.4 Å². The number of urea groups is 1. The second-order valence-corrected chi connectivity index (χ2v) is 8.49. The minimum Gasteiger partial charge on any atom is -0.497 e. The Morgan fingerprint density at radius 3 is 2.25 bits per heavy atom. The molecule has 0 saturated carbocycles. The Hall–Kier alpha value is -4.20. The van der Waals surface area contributed by atoms with Crippen molar-refractivity contribution in [2.75, 3.05) is 42.3 Å². The second kappa shape index (κ2) is 12.0. The molecule has 8 heteroatoms. The van der Waals surface area contributed by atoms with Gasteiger partial charge in [0.2, 0.25) is 0 Å². The van der Waals surface area contributed by atoms with Gasteiger partial charge in [0.1, 0.15) is 11.5 Å². The van der Waals surface area contributed by atoms with Crippen molar-refractivity contribution in [3.63, 3.8) is 0 Å². The van der Waals surface area contributed by atoms with Gasteiger partial charge in [-0.2, -0.15) is 0 Å². The molecule has 0 atom stereocenters. The van der Waals surface area contributed by atoms with Gasteiger partial charge in [-0.1, -0.05) is 12.1 Å². The smallest absolute Gasteiger partial charge is 0.323 e. The predicted octanol–water partition coefficient (Wildman–Crippen LogP) is 5.27. The summed E-state index contributed by atoms with van der Waals surface area (Å²) in [4.78, 5) is 27.9. The summed E-state index contributed by atoms with van der Waals surface area (Å²) in [6, 6.07) is 19.8. The molecule has 0 spiro atoms. The number of amides is 3. The monoisotopic (exact) mass is 488 g/mol. The molecule has 8 nitrogen and oxygen atoms in total. The van der Waals surface area contributed by atoms with Crippen LogP contribution in [-0.2, 0) is 6.54 Å². The van der Waals surface area contributed by atoms with Gasteiger partial charge < -0.3 is 30.3 Å². The molecule has 1 heterocycles. The molecular weight excluding hydrogens is 456 g/mol. The molecule has 3 amide bonds. The number of rotatable bonds is 9. The standard InChI is InChI=1S/C28H32N4O4/c1-3-36-24-13-9-22(10-14-24)30-28(34)31-25-18-21(8-15-26(25)32-16-4-5-17-32)27(33)29-19-20-6-11-23(35-2)12-7-20/h6-15,18H,3-5,16-17,19H2,1-2H3,(H,29,33)(H2,30,31,34). The fraction of sp³-hybridized carbons (Fsp3) is 0.286. The van der Waals surface area contributed by atoms with E-state index in [-0.39, 0.29) is 11.9 Å². The average Bonchev–Trinajstić information content (AvgIpc) is 3.43. The summed E-state index contributed by atoms with van der Waals surface area (Å²) in [5.74, 6) is 1.30. The number of ether oxygens (including phenoxy) is 2. The van der Waals surface area contributed by atoms with Crippen molar-refractivity contribution in [2.24, 2.45) is 0 Å². The van der Waals surface area contributed by atoms with Gasteiger partial charge in [-0.3, -0.25) is 4.79 Å². The molecule has 0 unspecified atom stereocenters. The molecule has 3 aromatic rings. The first-order valence-electron chi connectivity index (χ1n) is 12.2. The molecule has 1 aliphatic rings. The zero-order valence-electron chi connectivity index (χ0n) is 20.7. The van der Waals surface area contributed by atoms with Gasteiger partial charge in [0, 0.05) is 30.9 Å².